The minimum Gasteiger partial charge on any atom is -0.481 e. The van der Waals surface area contributed by atoms with Gasteiger partial charge in [0.25, 0.3) is 10.1 Å². The number of carbonyl (C=O) groups excluding carboxylic acids is 2. The smallest absolute Gasteiger partial charge is 0.309 e. The van der Waals surface area contributed by atoms with Crippen LogP contribution >= 0.6 is 0 Å². The van der Waals surface area contributed by atoms with Crippen molar-refractivity contribution in [1.82, 2.24) is 5.32 Å². The van der Waals surface area contributed by atoms with Gasteiger partial charge in [-0.2, -0.15) is 8.42 Å². The van der Waals surface area contributed by atoms with Crippen LogP contribution < -0.4 is 5.32 Å². The molecule has 12 nitrogen and oxygen atoms in total. The summed E-state index contributed by atoms with van der Waals surface area (Å²) in [5, 5.41) is 29.9. The van der Waals surface area contributed by atoms with E-state index in [9.17, 15) is 32.7 Å². The van der Waals surface area contributed by atoms with E-state index < -0.39 is 88.5 Å². The molecule has 0 fully saturated rings. The van der Waals surface area contributed by atoms with E-state index >= 15 is 0 Å². The Kier molecular flexibility index (Phi) is 30.3. The summed E-state index contributed by atoms with van der Waals surface area (Å²) < 4.78 is 36.0. The maximum atomic E-state index is 12.5. The van der Waals surface area contributed by atoms with Crippen LogP contribution in [0.3, 0.4) is 0 Å². The first-order valence-corrected chi connectivity index (χ1v) is 11.1. The van der Waals surface area contributed by atoms with Crippen LogP contribution in [0, 0.1) is 23.7 Å². The van der Waals surface area contributed by atoms with Crippen LogP contribution in [0.4, 0.5) is 0 Å². The maximum Gasteiger partial charge on any atom is 0.309 e. The SMILES string of the molecule is C.C.C.C.C.C.CC(CC(C(=O)O)C(CC(C)C(=O)NC(C)(C)CS(=O)(=O)O)C(=O)OCCO)C(=O)O. The number of ether oxygens (including phenoxy) is 1. The molecule has 0 spiro atoms. The minimum absolute atomic E-state index is 0. The zero-order valence-electron chi connectivity index (χ0n) is 17.9. The largest absolute Gasteiger partial charge is 0.481 e. The number of carboxylic acids is 2. The zero-order valence-corrected chi connectivity index (χ0v) is 18.7. The Morgan fingerprint density at radius 2 is 1.27 bits per heavy atom. The molecule has 13 heteroatoms. The molecule has 0 aromatic rings. The molecule has 0 aromatic carbocycles. The molecule has 0 aliphatic carbocycles. The van der Waals surface area contributed by atoms with E-state index in [1.165, 1.54) is 27.7 Å². The van der Waals surface area contributed by atoms with E-state index in [1.807, 2.05) is 0 Å². The van der Waals surface area contributed by atoms with Crippen LogP contribution in [-0.2, 0) is 34.0 Å². The van der Waals surface area contributed by atoms with Gasteiger partial charge in [-0.15, -0.1) is 0 Å². The van der Waals surface area contributed by atoms with E-state index in [1.54, 1.807) is 0 Å². The van der Waals surface area contributed by atoms with Gasteiger partial charge in [-0.05, 0) is 26.7 Å². The summed E-state index contributed by atoms with van der Waals surface area (Å²) in [6.07, 6.45) is -0.729. The molecule has 0 aliphatic rings. The number of hydrogen-bond acceptors (Lipinski definition) is 8. The highest BCUT2D eigenvalue weighted by molar-refractivity contribution is 7.85. The topological polar surface area (TPSA) is 205 Å². The molecule has 5 N–H and O–H groups in total. The Labute approximate surface area is 224 Å². The van der Waals surface area contributed by atoms with Gasteiger partial charge in [-0.3, -0.25) is 23.7 Å². The quantitative estimate of drug-likeness (QED) is 0.152. The number of carboxylic acid groups (broad SMARTS) is 2. The van der Waals surface area contributed by atoms with Gasteiger partial charge in [0.05, 0.1) is 35.7 Å². The predicted molar refractivity (Wildman–Crippen MR) is 147 cm³/mol. The average Bonchev–Trinajstić information content (AvgIpc) is 2.58. The highest BCUT2D eigenvalue weighted by Crippen LogP contribution is 2.29. The van der Waals surface area contributed by atoms with Gasteiger partial charge in [0.1, 0.15) is 6.61 Å². The number of aliphatic hydroxyl groups excluding tert-OH is 1. The normalized spacial score (nSPS) is 13.4. The number of aliphatic hydroxyl groups is 1. The molecule has 0 saturated carbocycles. The van der Waals surface area contributed by atoms with Gasteiger partial charge in [-0.25, -0.2) is 0 Å². The maximum absolute atomic E-state index is 12.5. The van der Waals surface area contributed by atoms with Gasteiger partial charge in [0.2, 0.25) is 5.91 Å². The molecule has 0 rings (SSSR count). The second kappa shape index (κ2) is 21.8. The van der Waals surface area contributed by atoms with Crippen LogP contribution in [0.15, 0.2) is 0 Å². The number of carbonyl (C=O) groups is 4. The summed E-state index contributed by atoms with van der Waals surface area (Å²) in [6.45, 7) is 4.45. The molecule has 4 atom stereocenters. The molecule has 228 valence electrons. The van der Waals surface area contributed by atoms with E-state index in [-0.39, 0.29) is 51.0 Å². The lowest BCUT2D eigenvalue weighted by atomic mass is 9.79. The molecule has 0 saturated heterocycles. The van der Waals surface area contributed by atoms with Crippen LogP contribution in [0.2, 0.25) is 0 Å². The van der Waals surface area contributed by atoms with Gasteiger partial charge >= 0.3 is 17.9 Å². The molecule has 0 radical (unpaired) electrons. The van der Waals surface area contributed by atoms with Crippen molar-refractivity contribution in [1.29, 1.82) is 0 Å². The lowest BCUT2D eigenvalue weighted by Gasteiger charge is -2.29. The first kappa shape index (κ1) is 51.4. The first-order valence-electron chi connectivity index (χ1n) is 9.51. The number of rotatable bonds is 14. The van der Waals surface area contributed by atoms with Crippen LogP contribution in [-0.4, -0.2) is 76.6 Å². The molecule has 0 heterocycles. The third kappa shape index (κ3) is 20.5. The van der Waals surface area contributed by atoms with Gasteiger partial charge < -0.3 is 25.4 Å². The molecule has 1 amide bonds. The molecule has 0 aromatic heterocycles. The summed E-state index contributed by atoms with van der Waals surface area (Å²) in [4.78, 5) is 47.9. The Morgan fingerprint density at radius 3 is 1.62 bits per heavy atom. The summed E-state index contributed by atoms with van der Waals surface area (Å²) in [5.41, 5.74) is -1.35. The summed E-state index contributed by atoms with van der Waals surface area (Å²) in [6, 6.07) is 0. The van der Waals surface area contributed by atoms with Crippen molar-refractivity contribution in [2.75, 3.05) is 19.0 Å². The van der Waals surface area contributed by atoms with E-state index in [4.69, 9.17) is 19.5 Å². The van der Waals surface area contributed by atoms with Gasteiger partial charge in [0, 0.05) is 5.92 Å². The van der Waals surface area contributed by atoms with Crippen molar-refractivity contribution in [3.63, 3.8) is 0 Å². The Balaban J connectivity index is -0.000000300. The predicted octanol–water partition coefficient (Wildman–Crippen LogP) is 3.58. The summed E-state index contributed by atoms with van der Waals surface area (Å²) in [5.74, 6) is -10.1. The van der Waals surface area contributed by atoms with E-state index in [2.05, 4.69) is 5.32 Å². The van der Waals surface area contributed by atoms with Gasteiger partial charge in [-0.1, -0.05) is 58.4 Å². The number of hydrogen-bond donors (Lipinski definition) is 5. The van der Waals surface area contributed by atoms with Crippen molar-refractivity contribution >= 4 is 33.9 Å². The number of esters is 1. The fourth-order valence-electron chi connectivity index (χ4n) is 3.03. The summed E-state index contributed by atoms with van der Waals surface area (Å²) in [7, 11) is -4.39. The zero-order chi connectivity index (χ0) is 24.6. The monoisotopic (exact) mass is 565 g/mol. The Bertz CT molecular complexity index is 767. The number of aliphatic carboxylic acids is 2. The molecular formula is C24H55NO11S. The summed E-state index contributed by atoms with van der Waals surface area (Å²) >= 11 is 0. The van der Waals surface area contributed by atoms with Gasteiger partial charge in [0.15, 0.2) is 0 Å². The number of amides is 1. The van der Waals surface area contributed by atoms with E-state index in [0.29, 0.717) is 0 Å². The van der Waals surface area contributed by atoms with Crippen molar-refractivity contribution in [3.8, 4) is 0 Å². The molecule has 0 aliphatic heterocycles. The fourth-order valence-corrected chi connectivity index (χ4v) is 4.02. The van der Waals surface area contributed by atoms with E-state index in [0.717, 1.165) is 0 Å². The lowest BCUT2D eigenvalue weighted by molar-refractivity contribution is -0.161. The second-order valence-corrected chi connectivity index (χ2v) is 9.61. The van der Waals surface area contributed by atoms with Crippen molar-refractivity contribution in [2.45, 2.75) is 90.6 Å². The third-order valence-corrected chi connectivity index (χ3v) is 5.62. The van der Waals surface area contributed by atoms with Crippen molar-refractivity contribution in [3.05, 3.63) is 0 Å². The average molecular weight is 566 g/mol. The highest BCUT2D eigenvalue weighted by Gasteiger charge is 2.39. The Morgan fingerprint density at radius 1 is 0.838 bits per heavy atom. The van der Waals surface area contributed by atoms with Crippen LogP contribution in [0.25, 0.3) is 0 Å². The molecular weight excluding hydrogens is 510 g/mol. The third-order valence-electron chi connectivity index (χ3n) is 4.53. The highest BCUT2D eigenvalue weighted by atomic mass is 32.2. The fraction of sp³-hybridized carbons (Fsp3) is 0.833. The minimum atomic E-state index is -4.39. The van der Waals surface area contributed by atoms with Crippen LogP contribution in [0.1, 0.15) is 85.1 Å². The van der Waals surface area contributed by atoms with Crippen molar-refractivity contribution in [2.24, 2.45) is 23.7 Å². The second-order valence-electron chi connectivity index (χ2n) is 8.15. The molecule has 37 heavy (non-hydrogen) atoms. The standard InChI is InChI=1S/C18H31NO11S.6CH4/c1-10(14(21)19-18(3,4)9-31(27,28)29)7-13(17(26)30-6-5-20)12(16(24)25)8-11(2)15(22)23;;;;;;/h10-13,20H,5-9H2,1-4H3,(H,19,21)(H,22,23)(H,24,25)(H,27,28,29);6*1H4. The lowest BCUT2D eigenvalue weighted by Crippen LogP contribution is -2.50. The van der Waals surface area contributed by atoms with Crippen LogP contribution in [0.5, 0.6) is 0 Å². The van der Waals surface area contributed by atoms with Crippen molar-refractivity contribution < 1.29 is 52.2 Å². The molecule has 0 bridgehead atoms. The number of nitrogens with one attached hydrogen (secondary N) is 1. The Hall–Kier alpha value is -2.25. The molecule has 4 unspecified atom stereocenters. The first-order chi connectivity index (χ1) is 14.0.